The van der Waals surface area contributed by atoms with Crippen LogP contribution in [0.2, 0.25) is 0 Å². The Morgan fingerprint density at radius 2 is 2.25 bits per heavy atom. The first-order valence-corrected chi connectivity index (χ1v) is 5.52. The second-order valence-corrected chi connectivity index (χ2v) is 4.03. The van der Waals surface area contributed by atoms with Crippen molar-refractivity contribution in [2.75, 3.05) is 19.8 Å². The first-order chi connectivity index (χ1) is 7.86. The number of carbonyl (C=O) groups is 1. The summed E-state index contributed by atoms with van der Waals surface area (Å²) < 4.78 is 5.49. The second kappa shape index (κ2) is 3.79. The number of ether oxygens (including phenoxy) is 1. The van der Waals surface area contributed by atoms with Gasteiger partial charge in [-0.1, -0.05) is 18.2 Å². The summed E-state index contributed by atoms with van der Waals surface area (Å²) in [6.07, 6.45) is 0.918. The number of hydrogen-bond acceptors (Lipinski definition) is 3. The first-order valence-electron chi connectivity index (χ1n) is 5.52. The topological polar surface area (TPSA) is 38.8 Å². The third-order valence-electron chi connectivity index (χ3n) is 3.00. The molecule has 1 amide bonds. The number of carbonyl (C=O) groups excluding carboxylic acids is 1. The first kappa shape index (κ1) is 9.66. The third-order valence-corrected chi connectivity index (χ3v) is 3.00. The van der Waals surface area contributed by atoms with Crippen molar-refractivity contribution < 1.29 is 14.4 Å². The van der Waals surface area contributed by atoms with Gasteiger partial charge in [-0.2, -0.15) is 0 Å². The number of fused-ring (bicyclic) bond motifs is 1. The van der Waals surface area contributed by atoms with Crippen molar-refractivity contribution in [3.05, 3.63) is 29.8 Å². The van der Waals surface area contributed by atoms with Crippen LogP contribution in [0.4, 0.5) is 0 Å². The van der Waals surface area contributed by atoms with Crippen LogP contribution in [-0.4, -0.2) is 30.7 Å². The number of para-hydroxylation sites is 1. The quantitative estimate of drug-likeness (QED) is 0.715. The Labute approximate surface area is 93.7 Å². The molecule has 0 aromatic heterocycles. The monoisotopic (exact) mass is 219 g/mol. The predicted octanol–water partition coefficient (Wildman–Crippen LogP) is 1.33. The zero-order valence-electron chi connectivity index (χ0n) is 8.89. The van der Waals surface area contributed by atoms with Crippen molar-refractivity contribution in [1.29, 1.82) is 0 Å². The number of hydrogen-bond donors (Lipinski definition) is 0. The SMILES string of the molecule is O=C(C1COc2ccccc21)N1CCCO1. The van der Waals surface area contributed by atoms with Gasteiger partial charge in [0.05, 0.1) is 13.2 Å². The predicted molar refractivity (Wildman–Crippen MR) is 57.0 cm³/mol. The normalized spacial score (nSPS) is 23.0. The zero-order valence-corrected chi connectivity index (χ0v) is 8.89. The molecule has 0 saturated carbocycles. The van der Waals surface area contributed by atoms with E-state index in [1.807, 2.05) is 24.3 Å². The summed E-state index contributed by atoms with van der Waals surface area (Å²) in [5, 5.41) is 1.47. The minimum absolute atomic E-state index is 0.0162. The van der Waals surface area contributed by atoms with Gasteiger partial charge in [-0.3, -0.25) is 9.63 Å². The van der Waals surface area contributed by atoms with Gasteiger partial charge in [-0.15, -0.1) is 0 Å². The van der Waals surface area contributed by atoms with E-state index in [0.29, 0.717) is 19.8 Å². The van der Waals surface area contributed by atoms with Gasteiger partial charge in [0.2, 0.25) is 0 Å². The highest BCUT2D eigenvalue weighted by molar-refractivity contribution is 5.84. The summed E-state index contributed by atoms with van der Waals surface area (Å²) in [5.74, 6) is 0.636. The van der Waals surface area contributed by atoms with Crippen LogP contribution in [-0.2, 0) is 9.63 Å². The molecule has 0 aliphatic carbocycles. The number of hydroxylamine groups is 2. The fourth-order valence-corrected chi connectivity index (χ4v) is 2.16. The molecule has 1 atom stereocenters. The molecule has 4 nitrogen and oxygen atoms in total. The van der Waals surface area contributed by atoms with Crippen molar-refractivity contribution in [1.82, 2.24) is 5.06 Å². The Hall–Kier alpha value is -1.55. The van der Waals surface area contributed by atoms with Crippen LogP contribution >= 0.6 is 0 Å². The Kier molecular flexibility index (Phi) is 2.29. The van der Waals surface area contributed by atoms with Gasteiger partial charge >= 0.3 is 0 Å². The Morgan fingerprint density at radius 1 is 1.38 bits per heavy atom. The van der Waals surface area contributed by atoms with Gasteiger partial charge in [-0.25, -0.2) is 5.06 Å². The molecule has 16 heavy (non-hydrogen) atoms. The van der Waals surface area contributed by atoms with Crippen molar-refractivity contribution >= 4 is 5.91 Å². The third kappa shape index (κ3) is 1.46. The molecule has 0 N–H and O–H groups in total. The van der Waals surface area contributed by atoms with E-state index in [0.717, 1.165) is 17.7 Å². The van der Waals surface area contributed by atoms with Crippen LogP contribution in [0.3, 0.4) is 0 Å². The van der Waals surface area contributed by atoms with Crippen LogP contribution in [0.5, 0.6) is 5.75 Å². The molecule has 1 fully saturated rings. The lowest BCUT2D eigenvalue weighted by molar-refractivity contribution is -0.170. The highest BCUT2D eigenvalue weighted by Crippen LogP contribution is 2.34. The fourth-order valence-electron chi connectivity index (χ4n) is 2.16. The summed E-state index contributed by atoms with van der Waals surface area (Å²) in [7, 11) is 0. The second-order valence-electron chi connectivity index (χ2n) is 4.03. The molecule has 2 aliphatic heterocycles. The number of rotatable bonds is 1. The molecule has 1 aromatic rings. The minimum atomic E-state index is -0.200. The highest BCUT2D eigenvalue weighted by Gasteiger charge is 2.34. The summed E-state index contributed by atoms with van der Waals surface area (Å²) >= 11 is 0. The van der Waals surface area contributed by atoms with Crippen molar-refractivity contribution in [3.8, 4) is 5.75 Å². The van der Waals surface area contributed by atoms with E-state index >= 15 is 0 Å². The maximum atomic E-state index is 12.1. The van der Waals surface area contributed by atoms with Crippen LogP contribution in [0.1, 0.15) is 17.9 Å². The molecule has 0 radical (unpaired) electrons. The maximum absolute atomic E-state index is 12.1. The van der Waals surface area contributed by atoms with Crippen molar-refractivity contribution in [2.24, 2.45) is 0 Å². The zero-order chi connectivity index (χ0) is 11.0. The summed E-state index contributed by atoms with van der Waals surface area (Å²) in [4.78, 5) is 17.4. The molecule has 1 aromatic carbocycles. The van der Waals surface area contributed by atoms with E-state index in [9.17, 15) is 4.79 Å². The maximum Gasteiger partial charge on any atom is 0.257 e. The van der Waals surface area contributed by atoms with Gasteiger partial charge in [0.25, 0.3) is 5.91 Å². The number of nitrogens with zero attached hydrogens (tertiary/aromatic N) is 1. The lowest BCUT2D eigenvalue weighted by atomic mass is 10.0. The van der Waals surface area contributed by atoms with Crippen LogP contribution in [0.25, 0.3) is 0 Å². The Balaban J connectivity index is 1.84. The van der Waals surface area contributed by atoms with Crippen LogP contribution in [0.15, 0.2) is 24.3 Å². The van der Waals surface area contributed by atoms with Gasteiger partial charge in [0, 0.05) is 5.56 Å². The van der Waals surface area contributed by atoms with Gasteiger partial charge < -0.3 is 4.74 Å². The number of amides is 1. The lowest BCUT2D eigenvalue weighted by Crippen LogP contribution is -2.32. The largest absolute Gasteiger partial charge is 0.492 e. The molecule has 2 heterocycles. The summed E-state index contributed by atoms with van der Waals surface area (Å²) in [6, 6.07) is 7.69. The highest BCUT2D eigenvalue weighted by atomic mass is 16.7. The average molecular weight is 219 g/mol. The molecule has 3 rings (SSSR count). The molecule has 84 valence electrons. The molecule has 0 bridgehead atoms. The van der Waals surface area contributed by atoms with Crippen molar-refractivity contribution in [2.45, 2.75) is 12.3 Å². The number of benzene rings is 1. The molecule has 4 heteroatoms. The molecule has 2 aliphatic rings. The fraction of sp³-hybridized carbons (Fsp3) is 0.417. The van der Waals surface area contributed by atoms with Crippen molar-refractivity contribution in [3.63, 3.8) is 0 Å². The van der Waals surface area contributed by atoms with E-state index in [1.165, 1.54) is 5.06 Å². The lowest BCUT2D eigenvalue weighted by Gasteiger charge is -2.17. The smallest absolute Gasteiger partial charge is 0.257 e. The minimum Gasteiger partial charge on any atom is -0.492 e. The van der Waals surface area contributed by atoms with Crippen LogP contribution < -0.4 is 4.74 Å². The molecular weight excluding hydrogens is 206 g/mol. The molecule has 1 saturated heterocycles. The van der Waals surface area contributed by atoms with Gasteiger partial charge in [-0.05, 0) is 12.5 Å². The van der Waals surface area contributed by atoms with E-state index in [-0.39, 0.29) is 11.8 Å². The van der Waals surface area contributed by atoms with E-state index in [2.05, 4.69) is 0 Å². The van der Waals surface area contributed by atoms with Gasteiger partial charge in [0.1, 0.15) is 18.3 Å². The molecular formula is C12H13NO3. The van der Waals surface area contributed by atoms with Crippen LogP contribution in [0, 0.1) is 0 Å². The van der Waals surface area contributed by atoms with E-state index in [4.69, 9.17) is 9.57 Å². The van der Waals surface area contributed by atoms with Gasteiger partial charge in [0.15, 0.2) is 0 Å². The summed E-state index contributed by atoms with van der Waals surface area (Å²) in [5.41, 5.74) is 0.975. The average Bonchev–Trinajstić information content (AvgIpc) is 2.98. The Bertz CT molecular complexity index is 412. The summed E-state index contributed by atoms with van der Waals surface area (Å²) in [6.45, 7) is 1.76. The Morgan fingerprint density at radius 3 is 3.06 bits per heavy atom. The standard InChI is InChI=1S/C12H13NO3/c14-12(13-6-3-7-16-13)10-8-15-11-5-2-1-4-9(10)11/h1-2,4-5,10H,3,6-8H2. The molecule has 0 spiro atoms. The molecule has 1 unspecified atom stereocenters. The van der Waals surface area contributed by atoms with E-state index < -0.39 is 0 Å². The van der Waals surface area contributed by atoms with E-state index in [1.54, 1.807) is 0 Å².